The number of carbonyl (C=O) groups excluding carboxylic acids is 1. The van der Waals surface area contributed by atoms with Crippen LogP contribution in [0.15, 0.2) is 46.3 Å². The molecule has 1 aliphatic carbocycles. The van der Waals surface area contributed by atoms with Gasteiger partial charge in [-0.15, -0.1) is 11.3 Å². The SMILES string of the molecule is O=C(CC1C=CCC1)Nc1nc(-c2ccc(Br)cc2)cs1. The molecular weight excluding hydrogens is 348 g/mol. The van der Waals surface area contributed by atoms with Gasteiger partial charge in [0.25, 0.3) is 0 Å². The summed E-state index contributed by atoms with van der Waals surface area (Å²) in [6.45, 7) is 0. The Labute approximate surface area is 136 Å². The predicted molar refractivity (Wildman–Crippen MR) is 90.4 cm³/mol. The fourth-order valence-corrected chi connectivity index (χ4v) is 3.36. The predicted octanol–water partition coefficient (Wildman–Crippen LogP) is 4.87. The number of benzene rings is 1. The first-order valence-corrected chi connectivity index (χ1v) is 8.56. The van der Waals surface area contributed by atoms with Crippen LogP contribution < -0.4 is 5.32 Å². The summed E-state index contributed by atoms with van der Waals surface area (Å²) in [5, 5.41) is 5.53. The summed E-state index contributed by atoms with van der Waals surface area (Å²) in [7, 11) is 0. The van der Waals surface area contributed by atoms with Gasteiger partial charge in [-0.05, 0) is 30.9 Å². The van der Waals surface area contributed by atoms with Crippen LogP contribution >= 0.6 is 27.3 Å². The summed E-state index contributed by atoms with van der Waals surface area (Å²) >= 11 is 4.88. The lowest BCUT2D eigenvalue weighted by Gasteiger charge is -2.06. The van der Waals surface area contributed by atoms with Crippen molar-refractivity contribution in [3.05, 3.63) is 46.3 Å². The van der Waals surface area contributed by atoms with Crippen molar-refractivity contribution >= 4 is 38.3 Å². The van der Waals surface area contributed by atoms with E-state index >= 15 is 0 Å². The summed E-state index contributed by atoms with van der Waals surface area (Å²) in [6.07, 6.45) is 6.99. The second-order valence-corrected chi connectivity index (χ2v) is 6.84. The molecule has 0 radical (unpaired) electrons. The Morgan fingerprint density at radius 1 is 1.38 bits per heavy atom. The van der Waals surface area contributed by atoms with Gasteiger partial charge in [0, 0.05) is 21.8 Å². The maximum atomic E-state index is 12.0. The third-order valence-corrected chi connectivity index (χ3v) is 4.74. The standard InChI is InChI=1S/C16H15BrN2OS/c17-13-7-5-12(6-8-13)14-10-21-16(18-14)19-15(20)9-11-3-1-2-4-11/h1,3,5-8,10-11H,2,4,9H2,(H,18,19,20). The first-order chi connectivity index (χ1) is 10.2. The number of carbonyl (C=O) groups is 1. The summed E-state index contributed by atoms with van der Waals surface area (Å²) in [5.41, 5.74) is 1.94. The van der Waals surface area contributed by atoms with E-state index in [4.69, 9.17) is 0 Å². The number of allylic oxidation sites excluding steroid dienone is 2. The molecule has 21 heavy (non-hydrogen) atoms. The number of nitrogens with zero attached hydrogens (tertiary/aromatic N) is 1. The van der Waals surface area contributed by atoms with Gasteiger partial charge in [-0.3, -0.25) is 4.79 Å². The highest BCUT2D eigenvalue weighted by atomic mass is 79.9. The van der Waals surface area contributed by atoms with Gasteiger partial charge < -0.3 is 5.32 Å². The van der Waals surface area contributed by atoms with Gasteiger partial charge in [-0.1, -0.05) is 40.2 Å². The van der Waals surface area contributed by atoms with E-state index in [-0.39, 0.29) is 5.91 Å². The number of hydrogen-bond acceptors (Lipinski definition) is 3. The maximum absolute atomic E-state index is 12.0. The van der Waals surface area contributed by atoms with Crippen molar-refractivity contribution in [3.63, 3.8) is 0 Å². The Bertz CT molecular complexity index is 663. The van der Waals surface area contributed by atoms with Crippen molar-refractivity contribution in [1.29, 1.82) is 0 Å². The van der Waals surface area contributed by atoms with Gasteiger partial charge in [0.15, 0.2) is 5.13 Å². The molecule has 0 saturated heterocycles. The van der Waals surface area contributed by atoms with Gasteiger partial charge in [-0.25, -0.2) is 4.98 Å². The number of hydrogen-bond donors (Lipinski definition) is 1. The number of anilines is 1. The minimum atomic E-state index is 0.0447. The van der Waals surface area contributed by atoms with Gasteiger partial charge in [0.05, 0.1) is 5.69 Å². The monoisotopic (exact) mass is 362 g/mol. The molecule has 1 N–H and O–H groups in total. The van der Waals surface area contributed by atoms with Gasteiger partial charge >= 0.3 is 0 Å². The molecular formula is C16H15BrN2OS. The van der Waals surface area contributed by atoms with Crippen molar-refractivity contribution in [1.82, 2.24) is 4.98 Å². The number of amides is 1. The minimum Gasteiger partial charge on any atom is -0.302 e. The van der Waals surface area contributed by atoms with E-state index in [9.17, 15) is 4.79 Å². The highest BCUT2D eigenvalue weighted by molar-refractivity contribution is 9.10. The van der Waals surface area contributed by atoms with E-state index in [1.807, 2.05) is 29.6 Å². The smallest absolute Gasteiger partial charge is 0.226 e. The Morgan fingerprint density at radius 3 is 2.90 bits per heavy atom. The van der Waals surface area contributed by atoms with Crippen LogP contribution in [-0.2, 0) is 4.79 Å². The van der Waals surface area contributed by atoms with Gasteiger partial charge in [-0.2, -0.15) is 0 Å². The number of rotatable bonds is 4. The quantitative estimate of drug-likeness (QED) is 0.788. The second kappa shape index (κ2) is 6.54. The molecule has 0 bridgehead atoms. The molecule has 1 amide bonds. The molecule has 0 fully saturated rings. The van der Waals surface area contributed by atoms with Crippen LogP contribution in [0.25, 0.3) is 11.3 Å². The zero-order valence-corrected chi connectivity index (χ0v) is 13.8. The molecule has 3 rings (SSSR count). The first-order valence-electron chi connectivity index (χ1n) is 6.89. The third kappa shape index (κ3) is 3.80. The Hall–Kier alpha value is -1.46. The lowest BCUT2D eigenvalue weighted by atomic mass is 10.1. The summed E-state index contributed by atoms with van der Waals surface area (Å²) < 4.78 is 1.04. The number of nitrogens with one attached hydrogen (secondary N) is 1. The fourth-order valence-electron chi connectivity index (χ4n) is 2.36. The van der Waals surface area contributed by atoms with Crippen LogP contribution in [0.1, 0.15) is 19.3 Å². The number of aromatic nitrogens is 1. The average molecular weight is 363 g/mol. The molecule has 1 aromatic carbocycles. The van der Waals surface area contributed by atoms with Gasteiger partial charge in [0.2, 0.25) is 5.91 Å². The van der Waals surface area contributed by atoms with E-state index in [0.717, 1.165) is 28.6 Å². The zero-order valence-electron chi connectivity index (χ0n) is 11.4. The average Bonchev–Trinajstić information content (AvgIpc) is 3.11. The Kier molecular flexibility index (Phi) is 4.51. The lowest BCUT2D eigenvalue weighted by molar-refractivity contribution is -0.116. The van der Waals surface area contributed by atoms with E-state index in [2.05, 4.69) is 38.4 Å². The minimum absolute atomic E-state index is 0.0447. The van der Waals surface area contributed by atoms with Crippen LogP contribution in [0, 0.1) is 5.92 Å². The third-order valence-electron chi connectivity index (χ3n) is 3.45. The molecule has 108 valence electrons. The van der Waals surface area contributed by atoms with E-state index < -0.39 is 0 Å². The normalized spacial score (nSPS) is 17.1. The largest absolute Gasteiger partial charge is 0.302 e. The Balaban J connectivity index is 1.63. The van der Waals surface area contributed by atoms with Crippen LogP contribution in [0.2, 0.25) is 0 Å². The zero-order chi connectivity index (χ0) is 14.7. The number of thiazole rings is 1. The molecule has 0 aliphatic heterocycles. The van der Waals surface area contributed by atoms with Crippen molar-refractivity contribution < 1.29 is 4.79 Å². The molecule has 1 heterocycles. The first kappa shape index (κ1) is 14.5. The van der Waals surface area contributed by atoms with Gasteiger partial charge in [0.1, 0.15) is 0 Å². The maximum Gasteiger partial charge on any atom is 0.226 e. The van der Waals surface area contributed by atoms with E-state index in [1.165, 1.54) is 11.3 Å². The second-order valence-electron chi connectivity index (χ2n) is 5.06. The number of halogens is 1. The topological polar surface area (TPSA) is 42.0 Å². The molecule has 1 atom stereocenters. The summed E-state index contributed by atoms with van der Waals surface area (Å²) in [4.78, 5) is 16.5. The highest BCUT2D eigenvalue weighted by Gasteiger charge is 2.15. The van der Waals surface area contributed by atoms with Crippen LogP contribution in [0.5, 0.6) is 0 Å². The molecule has 2 aromatic rings. The Morgan fingerprint density at radius 2 is 2.19 bits per heavy atom. The van der Waals surface area contributed by atoms with Crippen LogP contribution in [0.3, 0.4) is 0 Å². The van der Waals surface area contributed by atoms with Crippen LogP contribution in [-0.4, -0.2) is 10.9 Å². The summed E-state index contributed by atoms with van der Waals surface area (Å²) in [5.74, 6) is 0.430. The van der Waals surface area contributed by atoms with Crippen molar-refractivity contribution in [2.45, 2.75) is 19.3 Å². The van der Waals surface area contributed by atoms with E-state index in [1.54, 1.807) is 0 Å². The molecule has 1 aliphatic rings. The highest BCUT2D eigenvalue weighted by Crippen LogP contribution is 2.27. The molecule has 1 aromatic heterocycles. The van der Waals surface area contributed by atoms with Crippen LogP contribution in [0.4, 0.5) is 5.13 Å². The van der Waals surface area contributed by atoms with Crippen molar-refractivity contribution in [3.8, 4) is 11.3 Å². The molecule has 0 saturated carbocycles. The van der Waals surface area contributed by atoms with E-state index in [0.29, 0.717) is 17.5 Å². The lowest BCUT2D eigenvalue weighted by Crippen LogP contribution is -2.14. The molecule has 5 heteroatoms. The molecule has 3 nitrogen and oxygen atoms in total. The molecule has 0 spiro atoms. The van der Waals surface area contributed by atoms with Crippen molar-refractivity contribution in [2.75, 3.05) is 5.32 Å². The molecule has 1 unspecified atom stereocenters. The van der Waals surface area contributed by atoms with Crippen molar-refractivity contribution in [2.24, 2.45) is 5.92 Å². The summed E-state index contributed by atoms with van der Waals surface area (Å²) in [6, 6.07) is 7.99. The fraction of sp³-hybridized carbons (Fsp3) is 0.250.